The minimum absolute atomic E-state index is 0.00365. The molecule has 0 N–H and O–H groups in total. The Labute approximate surface area is 203 Å². The number of hydrazone groups is 1. The van der Waals surface area contributed by atoms with Crippen molar-refractivity contribution in [3.63, 3.8) is 0 Å². The van der Waals surface area contributed by atoms with E-state index in [9.17, 15) is 10.1 Å². The van der Waals surface area contributed by atoms with Crippen molar-refractivity contribution in [2.45, 2.75) is 25.1 Å². The molecule has 35 heavy (non-hydrogen) atoms. The molecule has 6 nitrogen and oxygen atoms in total. The predicted molar refractivity (Wildman–Crippen MR) is 135 cm³/mol. The van der Waals surface area contributed by atoms with E-state index in [0.717, 1.165) is 40.1 Å². The van der Waals surface area contributed by atoms with E-state index in [0.29, 0.717) is 0 Å². The second-order valence-electron chi connectivity index (χ2n) is 8.98. The predicted octanol–water partition coefficient (Wildman–Crippen LogP) is 6.68. The summed E-state index contributed by atoms with van der Waals surface area (Å²) in [6.07, 6.45) is 0.744. The van der Waals surface area contributed by atoms with Gasteiger partial charge in [0.25, 0.3) is 5.69 Å². The lowest BCUT2D eigenvalue weighted by molar-refractivity contribution is -0.384. The number of nitro groups is 1. The molecule has 2 heterocycles. The van der Waals surface area contributed by atoms with Crippen molar-refractivity contribution in [1.29, 1.82) is 0 Å². The van der Waals surface area contributed by atoms with Gasteiger partial charge in [0.1, 0.15) is 5.75 Å². The molecule has 2 aliphatic heterocycles. The topological polar surface area (TPSA) is 68.0 Å². The number of nitro benzene ring substituents is 1. The molecule has 2 aliphatic rings. The normalized spacial score (nSPS) is 20.4. The summed E-state index contributed by atoms with van der Waals surface area (Å²) in [6.45, 7) is 1.97. The largest absolute Gasteiger partial charge is 0.462 e. The van der Waals surface area contributed by atoms with E-state index in [1.165, 1.54) is 17.7 Å². The fraction of sp³-hybridized carbons (Fsp3) is 0.138. The molecule has 0 amide bonds. The molecule has 0 aromatic heterocycles. The Balaban J connectivity index is 1.39. The van der Waals surface area contributed by atoms with E-state index in [4.69, 9.17) is 9.84 Å². The van der Waals surface area contributed by atoms with Gasteiger partial charge in [-0.15, -0.1) is 0 Å². The molecule has 0 saturated carbocycles. The average Bonchev–Trinajstić information content (AvgIpc) is 3.36. The monoisotopic (exact) mass is 461 g/mol. The van der Waals surface area contributed by atoms with Gasteiger partial charge in [-0.2, -0.15) is 5.10 Å². The first-order chi connectivity index (χ1) is 17.0. The number of nitrogens with zero attached hydrogens (tertiary/aromatic N) is 3. The van der Waals surface area contributed by atoms with Crippen LogP contribution in [0, 0.1) is 10.1 Å². The second-order valence-corrected chi connectivity index (χ2v) is 8.98. The third kappa shape index (κ3) is 3.54. The molecule has 0 radical (unpaired) electrons. The van der Waals surface area contributed by atoms with Crippen molar-refractivity contribution >= 4 is 11.4 Å². The number of non-ortho nitro benzene ring substituents is 1. The fourth-order valence-electron chi connectivity index (χ4n) is 5.00. The van der Waals surface area contributed by atoms with Gasteiger partial charge in [-0.05, 0) is 34.9 Å². The number of fused-ring (bicyclic) bond motifs is 3. The first kappa shape index (κ1) is 21.1. The maximum Gasteiger partial charge on any atom is 0.269 e. The lowest BCUT2D eigenvalue weighted by atomic mass is 9.92. The Kier molecular flexibility index (Phi) is 4.88. The summed E-state index contributed by atoms with van der Waals surface area (Å²) in [5.74, 6) is 0.811. The molecule has 0 saturated heterocycles. The van der Waals surface area contributed by atoms with Gasteiger partial charge in [0.05, 0.1) is 16.7 Å². The molecule has 0 unspecified atom stereocenters. The Hall–Kier alpha value is -4.45. The van der Waals surface area contributed by atoms with Crippen molar-refractivity contribution in [2.24, 2.45) is 5.10 Å². The highest BCUT2D eigenvalue weighted by Crippen LogP contribution is 2.50. The number of rotatable bonds is 4. The molecule has 4 aromatic rings. The van der Waals surface area contributed by atoms with Crippen LogP contribution in [0.1, 0.15) is 36.1 Å². The summed E-state index contributed by atoms with van der Waals surface area (Å²) in [5.41, 5.74) is 5.45. The van der Waals surface area contributed by atoms with Gasteiger partial charge < -0.3 is 4.74 Å². The van der Waals surface area contributed by atoms with Crippen LogP contribution in [0.5, 0.6) is 5.75 Å². The number of benzene rings is 4. The zero-order valence-electron chi connectivity index (χ0n) is 19.2. The molecule has 172 valence electrons. The van der Waals surface area contributed by atoms with E-state index in [2.05, 4.69) is 42.5 Å². The van der Waals surface area contributed by atoms with Crippen LogP contribution < -0.4 is 4.74 Å². The molecule has 2 atom stereocenters. The minimum Gasteiger partial charge on any atom is -0.462 e. The van der Waals surface area contributed by atoms with E-state index < -0.39 is 10.6 Å². The maximum atomic E-state index is 11.2. The zero-order chi connectivity index (χ0) is 24.0. The van der Waals surface area contributed by atoms with Crippen molar-refractivity contribution in [1.82, 2.24) is 5.01 Å². The lowest BCUT2D eigenvalue weighted by Gasteiger charge is -2.45. The molecule has 0 bridgehead atoms. The fourth-order valence-corrected chi connectivity index (χ4v) is 5.00. The maximum absolute atomic E-state index is 11.2. The summed E-state index contributed by atoms with van der Waals surface area (Å²) < 4.78 is 6.53. The van der Waals surface area contributed by atoms with Crippen LogP contribution >= 0.6 is 0 Å². The van der Waals surface area contributed by atoms with Crippen LogP contribution in [0.3, 0.4) is 0 Å². The summed E-state index contributed by atoms with van der Waals surface area (Å²) in [5, 5.41) is 18.2. The highest BCUT2D eigenvalue weighted by Gasteiger charge is 2.48. The van der Waals surface area contributed by atoms with Gasteiger partial charge in [0.15, 0.2) is 0 Å². The number of para-hydroxylation sites is 1. The Morgan fingerprint density at radius 1 is 0.857 bits per heavy atom. The minimum atomic E-state index is -0.903. The number of hydrogen-bond acceptors (Lipinski definition) is 5. The summed E-state index contributed by atoms with van der Waals surface area (Å²) in [7, 11) is 0. The van der Waals surface area contributed by atoms with Crippen molar-refractivity contribution < 1.29 is 9.66 Å². The second kappa shape index (κ2) is 8.09. The Morgan fingerprint density at radius 3 is 2.20 bits per heavy atom. The molecule has 0 spiro atoms. The third-order valence-corrected chi connectivity index (χ3v) is 6.87. The van der Waals surface area contributed by atoms with Gasteiger partial charge in [0.2, 0.25) is 5.72 Å². The van der Waals surface area contributed by atoms with E-state index in [1.807, 2.05) is 48.3 Å². The van der Waals surface area contributed by atoms with Crippen molar-refractivity contribution in [3.8, 4) is 16.9 Å². The SMILES string of the molecule is C[C@]1(c2ccc([N+](=O)[O-])cc2)Oc2ccccc2[C@H]2CC(c3ccc(-c4ccccc4)cc3)=NN21. The zero-order valence-corrected chi connectivity index (χ0v) is 19.2. The first-order valence-electron chi connectivity index (χ1n) is 11.6. The summed E-state index contributed by atoms with van der Waals surface area (Å²) in [4.78, 5) is 10.8. The van der Waals surface area contributed by atoms with Gasteiger partial charge in [-0.25, -0.2) is 5.01 Å². The molecule has 6 rings (SSSR count). The molecule has 4 aromatic carbocycles. The molecular formula is C29H23N3O3. The molecule has 0 fully saturated rings. The van der Waals surface area contributed by atoms with Crippen molar-refractivity contribution in [2.75, 3.05) is 0 Å². The van der Waals surface area contributed by atoms with Crippen LogP contribution in [0.2, 0.25) is 0 Å². The lowest BCUT2D eigenvalue weighted by Crippen LogP contribution is -2.48. The summed E-state index contributed by atoms with van der Waals surface area (Å²) in [6, 6.07) is 33.4. The van der Waals surface area contributed by atoms with E-state index in [1.54, 1.807) is 12.1 Å². The molecule has 0 aliphatic carbocycles. The summed E-state index contributed by atoms with van der Waals surface area (Å²) >= 11 is 0. The van der Waals surface area contributed by atoms with Gasteiger partial charge in [-0.3, -0.25) is 10.1 Å². The smallest absolute Gasteiger partial charge is 0.269 e. The van der Waals surface area contributed by atoms with E-state index >= 15 is 0 Å². The van der Waals surface area contributed by atoms with Crippen LogP contribution in [-0.4, -0.2) is 15.6 Å². The Bertz CT molecular complexity index is 1430. The van der Waals surface area contributed by atoms with Crippen LogP contribution in [0.25, 0.3) is 11.1 Å². The highest BCUT2D eigenvalue weighted by atomic mass is 16.6. The first-order valence-corrected chi connectivity index (χ1v) is 11.6. The standard InChI is InChI=1S/C29H23N3O3/c1-29(23-15-17-24(18-16-23)32(33)34)31-27(25-9-5-6-10-28(25)35-29)19-26(30-31)22-13-11-21(12-14-22)20-7-3-2-4-8-20/h2-18,27H,19H2,1H3/t27-,29-/m1/s1. The molecule has 6 heteroatoms. The van der Waals surface area contributed by atoms with Gasteiger partial charge in [0, 0.05) is 36.6 Å². The highest BCUT2D eigenvalue weighted by molar-refractivity contribution is 6.02. The van der Waals surface area contributed by atoms with Crippen LogP contribution in [0.15, 0.2) is 108 Å². The van der Waals surface area contributed by atoms with Gasteiger partial charge in [-0.1, -0.05) is 72.8 Å². The Morgan fingerprint density at radius 2 is 1.49 bits per heavy atom. The quantitative estimate of drug-likeness (QED) is 0.251. The number of hydrogen-bond donors (Lipinski definition) is 0. The van der Waals surface area contributed by atoms with Crippen LogP contribution in [-0.2, 0) is 5.72 Å². The number of ether oxygens (including phenoxy) is 1. The van der Waals surface area contributed by atoms with Crippen LogP contribution in [0.4, 0.5) is 5.69 Å². The average molecular weight is 462 g/mol. The van der Waals surface area contributed by atoms with E-state index in [-0.39, 0.29) is 11.7 Å². The molecular weight excluding hydrogens is 438 g/mol. The van der Waals surface area contributed by atoms with Gasteiger partial charge >= 0.3 is 0 Å². The third-order valence-electron chi connectivity index (χ3n) is 6.87. The van der Waals surface area contributed by atoms with Crippen molar-refractivity contribution in [3.05, 3.63) is 130 Å².